The van der Waals surface area contributed by atoms with Crippen molar-refractivity contribution in [1.29, 1.82) is 0 Å². The number of carbonyl (C=O) groups excluding carboxylic acids is 1. The smallest absolute Gasteiger partial charge is 0.321 e. The summed E-state index contributed by atoms with van der Waals surface area (Å²) in [6.07, 6.45) is 2.60. The van der Waals surface area contributed by atoms with E-state index in [1.807, 2.05) is 17.0 Å². The first kappa shape index (κ1) is 17.2. The Bertz CT molecular complexity index is 678. The van der Waals surface area contributed by atoms with Crippen molar-refractivity contribution in [2.45, 2.75) is 13.3 Å². The highest BCUT2D eigenvalue weighted by Gasteiger charge is 2.18. The number of anilines is 1. The van der Waals surface area contributed by atoms with Crippen LogP contribution < -0.4 is 10.1 Å². The molecular formula is C18H23N5O2. The molecule has 1 fully saturated rings. The standard InChI is InChI=1S/C18H23N5O2/c1-2-22-11-4-12-23(14-13-22)18(24)20-15-6-8-16(9-7-15)25-17-5-3-10-19-21-17/h3,5-10H,2,4,11-14H2,1H3,(H,20,24). The SMILES string of the molecule is CCN1CCCN(C(=O)Nc2ccc(Oc3cccnn3)cc2)CC1. The number of urea groups is 1. The average Bonchev–Trinajstić information content (AvgIpc) is 2.90. The third-order valence-electron chi connectivity index (χ3n) is 4.20. The first-order valence-electron chi connectivity index (χ1n) is 8.58. The normalized spacial score (nSPS) is 15.5. The Labute approximate surface area is 147 Å². The maximum absolute atomic E-state index is 12.4. The quantitative estimate of drug-likeness (QED) is 0.926. The summed E-state index contributed by atoms with van der Waals surface area (Å²) in [5.74, 6) is 1.08. The van der Waals surface area contributed by atoms with E-state index in [2.05, 4.69) is 27.3 Å². The molecule has 0 atom stereocenters. The van der Waals surface area contributed by atoms with Crippen molar-refractivity contribution in [2.24, 2.45) is 0 Å². The van der Waals surface area contributed by atoms with Crippen molar-refractivity contribution in [1.82, 2.24) is 20.0 Å². The lowest BCUT2D eigenvalue weighted by molar-refractivity contribution is 0.212. The van der Waals surface area contributed by atoms with E-state index in [4.69, 9.17) is 4.74 Å². The van der Waals surface area contributed by atoms with Crippen LogP contribution >= 0.6 is 0 Å². The van der Waals surface area contributed by atoms with Crippen LogP contribution in [0.4, 0.5) is 10.5 Å². The Morgan fingerprint density at radius 3 is 2.72 bits per heavy atom. The second-order valence-electron chi connectivity index (χ2n) is 5.89. The van der Waals surface area contributed by atoms with Crippen molar-refractivity contribution < 1.29 is 9.53 Å². The van der Waals surface area contributed by atoms with Crippen LogP contribution in [0.3, 0.4) is 0 Å². The van der Waals surface area contributed by atoms with Gasteiger partial charge in [0.2, 0.25) is 5.88 Å². The van der Waals surface area contributed by atoms with Crippen LogP contribution in [0.25, 0.3) is 0 Å². The van der Waals surface area contributed by atoms with E-state index in [1.165, 1.54) is 0 Å². The largest absolute Gasteiger partial charge is 0.438 e. The zero-order valence-electron chi connectivity index (χ0n) is 14.4. The van der Waals surface area contributed by atoms with E-state index < -0.39 is 0 Å². The van der Waals surface area contributed by atoms with Crippen LogP contribution in [0, 0.1) is 0 Å². The van der Waals surface area contributed by atoms with E-state index in [0.717, 1.165) is 44.8 Å². The highest BCUT2D eigenvalue weighted by molar-refractivity contribution is 5.89. The van der Waals surface area contributed by atoms with Crippen molar-refractivity contribution in [3.05, 3.63) is 42.6 Å². The van der Waals surface area contributed by atoms with Gasteiger partial charge in [0.05, 0.1) is 0 Å². The number of nitrogens with one attached hydrogen (secondary N) is 1. The van der Waals surface area contributed by atoms with Gasteiger partial charge in [-0.3, -0.25) is 0 Å². The fourth-order valence-corrected chi connectivity index (χ4v) is 2.76. The Hall–Kier alpha value is -2.67. The number of hydrogen-bond acceptors (Lipinski definition) is 5. The van der Waals surface area contributed by atoms with Gasteiger partial charge in [0.25, 0.3) is 0 Å². The molecule has 1 aliphatic heterocycles. The van der Waals surface area contributed by atoms with Gasteiger partial charge in [-0.25, -0.2) is 4.79 Å². The number of nitrogens with zero attached hydrogens (tertiary/aromatic N) is 4. The molecule has 0 spiro atoms. The number of likely N-dealkylation sites (N-methyl/N-ethyl adjacent to an activating group) is 1. The molecule has 2 heterocycles. The van der Waals surface area contributed by atoms with Gasteiger partial charge in [-0.1, -0.05) is 6.92 Å². The molecule has 0 aliphatic carbocycles. The van der Waals surface area contributed by atoms with E-state index in [1.54, 1.807) is 30.5 Å². The summed E-state index contributed by atoms with van der Waals surface area (Å²) >= 11 is 0. The molecule has 1 aliphatic rings. The molecule has 1 N–H and O–H groups in total. The lowest BCUT2D eigenvalue weighted by Crippen LogP contribution is -2.38. The molecule has 0 saturated carbocycles. The van der Waals surface area contributed by atoms with E-state index in [-0.39, 0.29) is 6.03 Å². The predicted molar refractivity (Wildman–Crippen MR) is 95.9 cm³/mol. The number of aromatic nitrogens is 2. The molecule has 0 bridgehead atoms. The third-order valence-corrected chi connectivity index (χ3v) is 4.20. The summed E-state index contributed by atoms with van der Waals surface area (Å²) in [5, 5.41) is 10.6. The number of hydrogen-bond donors (Lipinski definition) is 1. The van der Waals surface area contributed by atoms with Gasteiger partial charge in [0.1, 0.15) is 5.75 Å². The highest BCUT2D eigenvalue weighted by atomic mass is 16.5. The van der Waals surface area contributed by atoms with Gasteiger partial charge in [-0.15, -0.1) is 5.10 Å². The molecule has 1 saturated heterocycles. The zero-order chi connectivity index (χ0) is 17.5. The number of benzene rings is 1. The van der Waals surface area contributed by atoms with Crippen molar-refractivity contribution in [2.75, 3.05) is 38.0 Å². The van der Waals surface area contributed by atoms with Crippen molar-refractivity contribution >= 4 is 11.7 Å². The Morgan fingerprint density at radius 2 is 2.00 bits per heavy atom. The van der Waals surface area contributed by atoms with Crippen LogP contribution in [0.1, 0.15) is 13.3 Å². The van der Waals surface area contributed by atoms with Crippen molar-refractivity contribution in [3.8, 4) is 11.6 Å². The van der Waals surface area contributed by atoms with Crippen LogP contribution in [0.2, 0.25) is 0 Å². The fourth-order valence-electron chi connectivity index (χ4n) is 2.76. The highest BCUT2D eigenvalue weighted by Crippen LogP contribution is 2.21. The molecular weight excluding hydrogens is 318 g/mol. The van der Waals surface area contributed by atoms with E-state index in [0.29, 0.717) is 11.6 Å². The average molecular weight is 341 g/mol. The number of carbonyl (C=O) groups is 1. The maximum Gasteiger partial charge on any atom is 0.321 e. The fraction of sp³-hybridized carbons (Fsp3) is 0.389. The summed E-state index contributed by atoms with van der Waals surface area (Å²) in [6.45, 7) is 6.70. The van der Waals surface area contributed by atoms with Crippen LogP contribution in [-0.4, -0.2) is 58.8 Å². The third kappa shape index (κ3) is 4.90. The number of rotatable bonds is 4. The van der Waals surface area contributed by atoms with E-state index in [9.17, 15) is 4.79 Å². The van der Waals surface area contributed by atoms with Crippen LogP contribution in [0.5, 0.6) is 11.6 Å². The van der Waals surface area contributed by atoms with Crippen LogP contribution in [-0.2, 0) is 0 Å². The molecule has 3 rings (SSSR count). The predicted octanol–water partition coefficient (Wildman–Crippen LogP) is 2.83. The molecule has 2 amide bonds. The first-order valence-corrected chi connectivity index (χ1v) is 8.58. The van der Waals surface area contributed by atoms with Gasteiger partial charge in [-0.05, 0) is 49.8 Å². The summed E-state index contributed by atoms with van der Waals surface area (Å²) in [6, 6.07) is 10.7. The molecule has 7 heteroatoms. The molecule has 7 nitrogen and oxygen atoms in total. The summed E-state index contributed by atoms with van der Waals surface area (Å²) in [4.78, 5) is 16.7. The maximum atomic E-state index is 12.4. The minimum atomic E-state index is -0.0550. The molecule has 25 heavy (non-hydrogen) atoms. The Balaban J connectivity index is 1.55. The van der Waals surface area contributed by atoms with Gasteiger partial charge in [-0.2, -0.15) is 5.10 Å². The minimum Gasteiger partial charge on any atom is -0.438 e. The number of ether oxygens (including phenoxy) is 1. The molecule has 2 aromatic rings. The summed E-state index contributed by atoms with van der Waals surface area (Å²) < 4.78 is 5.59. The summed E-state index contributed by atoms with van der Waals surface area (Å²) in [7, 11) is 0. The molecule has 132 valence electrons. The molecule has 0 radical (unpaired) electrons. The lowest BCUT2D eigenvalue weighted by Gasteiger charge is -2.21. The minimum absolute atomic E-state index is 0.0550. The van der Waals surface area contributed by atoms with Gasteiger partial charge < -0.3 is 19.9 Å². The Kier molecular flexibility index (Phi) is 5.79. The second kappa shape index (κ2) is 8.43. The molecule has 0 unspecified atom stereocenters. The Morgan fingerprint density at radius 1 is 1.16 bits per heavy atom. The topological polar surface area (TPSA) is 70.6 Å². The van der Waals surface area contributed by atoms with Crippen LogP contribution in [0.15, 0.2) is 42.6 Å². The van der Waals surface area contributed by atoms with Gasteiger partial charge in [0.15, 0.2) is 0 Å². The van der Waals surface area contributed by atoms with Crippen molar-refractivity contribution in [3.63, 3.8) is 0 Å². The zero-order valence-corrected chi connectivity index (χ0v) is 14.4. The van der Waals surface area contributed by atoms with E-state index >= 15 is 0 Å². The monoisotopic (exact) mass is 341 g/mol. The lowest BCUT2D eigenvalue weighted by atomic mass is 10.3. The van der Waals surface area contributed by atoms with Gasteiger partial charge >= 0.3 is 6.03 Å². The number of amides is 2. The molecule has 1 aromatic heterocycles. The first-order chi connectivity index (χ1) is 12.2. The molecule has 1 aromatic carbocycles. The second-order valence-corrected chi connectivity index (χ2v) is 5.89. The summed E-state index contributed by atoms with van der Waals surface area (Å²) in [5.41, 5.74) is 0.744. The van der Waals surface area contributed by atoms with Gasteiger partial charge in [0, 0.05) is 37.6 Å².